The fourth-order valence-corrected chi connectivity index (χ4v) is 1.07. The molecule has 0 saturated heterocycles. The average Bonchev–Trinajstić information content (AvgIpc) is 2.46. The molecule has 2 aromatic carbocycles. The summed E-state index contributed by atoms with van der Waals surface area (Å²) in [5, 5.41) is 0. The summed E-state index contributed by atoms with van der Waals surface area (Å²) in [5.41, 5.74) is 2.64. The molecule has 0 aliphatic carbocycles. The molecule has 0 nitrogen and oxygen atoms in total. The number of aryl methyl sites for hydroxylation is 2. The van der Waals surface area contributed by atoms with Crippen LogP contribution in [0.4, 0.5) is 0 Å². The van der Waals surface area contributed by atoms with E-state index in [0.717, 1.165) is 0 Å². The molecule has 0 aromatic heterocycles. The van der Waals surface area contributed by atoms with Gasteiger partial charge in [-0.3, -0.25) is 0 Å². The molecule has 0 amide bonds. The second-order valence-corrected chi connectivity index (χ2v) is 3.31. The van der Waals surface area contributed by atoms with Crippen LogP contribution in [0.15, 0.2) is 60.7 Å². The molecule has 0 atom stereocenters. The molecule has 2 aromatic rings. The van der Waals surface area contributed by atoms with Crippen molar-refractivity contribution in [3.63, 3.8) is 0 Å². The van der Waals surface area contributed by atoms with E-state index in [0.29, 0.717) is 0 Å². The van der Waals surface area contributed by atoms with Gasteiger partial charge in [0.25, 0.3) is 0 Å². The first-order valence-corrected chi connectivity index (χ1v) is 6.82. The van der Waals surface area contributed by atoms with Gasteiger partial charge in [-0.05, 0) is 13.8 Å². The third-order valence-electron chi connectivity index (χ3n) is 1.88. The van der Waals surface area contributed by atoms with Crippen molar-refractivity contribution in [3.8, 4) is 0 Å². The Morgan fingerprint density at radius 2 is 0.636 bits per heavy atom. The van der Waals surface area contributed by atoms with E-state index >= 15 is 0 Å². The average molecular weight is 378 g/mol. The Labute approximate surface area is 167 Å². The first-order chi connectivity index (χ1) is 8.79. The predicted molar refractivity (Wildman–Crippen MR) is 104 cm³/mol. The van der Waals surface area contributed by atoms with Crippen LogP contribution >= 0.6 is 0 Å². The smallest absolute Gasteiger partial charge is 0.358 e. The third-order valence-corrected chi connectivity index (χ3v) is 1.88. The second-order valence-electron chi connectivity index (χ2n) is 3.31. The van der Waals surface area contributed by atoms with Gasteiger partial charge in [0.05, 0.1) is 0 Å². The summed E-state index contributed by atoms with van der Waals surface area (Å²) in [6.07, 6.45) is 0. The summed E-state index contributed by atoms with van der Waals surface area (Å²) in [6.45, 7) is 12.2. The zero-order valence-electron chi connectivity index (χ0n) is 16.4. The normalized spacial score (nSPS) is 6.09. The molecule has 0 fully saturated rings. The summed E-state index contributed by atoms with van der Waals surface area (Å²) in [5.74, 6) is 0. The minimum absolute atomic E-state index is 0. The van der Waals surface area contributed by atoms with Gasteiger partial charge in [0.15, 0.2) is 0 Å². The molecule has 0 N–H and O–H groups in total. The third kappa shape index (κ3) is 27.8. The van der Waals surface area contributed by atoms with Gasteiger partial charge >= 0.3 is 32.7 Å². The minimum atomic E-state index is 0. The van der Waals surface area contributed by atoms with Crippen molar-refractivity contribution in [3.05, 3.63) is 94.1 Å². The van der Waals surface area contributed by atoms with Gasteiger partial charge < -0.3 is 22.3 Å². The van der Waals surface area contributed by atoms with E-state index in [1.807, 2.05) is 64.1 Å². The fourth-order valence-electron chi connectivity index (χ4n) is 1.07. The maximum Gasteiger partial charge on any atom is 3.00 e. The van der Waals surface area contributed by atoms with Gasteiger partial charge in [-0.1, -0.05) is 99.5 Å². The van der Waals surface area contributed by atoms with E-state index in [4.69, 9.17) is 0 Å². The van der Waals surface area contributed by atoms with Crippen molar-refractivity contribution >= 4 is 0 Å². The van der Waals surface area contributed by atoms with Gasteiger partial charge in [0.1, 0.15) is 0 Å². The molecule has 0 bridgehead atoms. The Bertz CT molecular complexity index is 303. The summed E-state index contributed by atoms with van der Waals surface area (Å²) in [6, 6.07) is 20.5. The fraction of sp³-hybridized carbons (Fsp3) is 0.286. The van der Waals surface area contributed by atoms with Crippen molar-refractivity contribution in [2.45, 2.75) is 41.5 Å². The number of rotatable bonds is 0. The van der Waals surface area contributed by atoms with Crippen LogP contribution in [0.3, 0.4) is 0 Å². The first-order valence-electron chi connectivity index (χ1n) is 6.82. The van der Waals surface area contributed by atoms with E-state index < -0.39 is 0 Å². The predicted octanol–water partition coefficient (Wildman–Crippen LogP) is 7.39. The Hall–Kier alpha value is -0.456. The van der Waals surface area contributed by atoms with Crippen LogP contribution in [0, 0.1) is 36.1 Å². The molecule has 124 valence electrons. The van der Waals surface area contributed by atoms with Crippen LogP contribution in [0.25, 0.3) is 0 Å². The minimum Gasteiger partial charge on any atom is -0.358 e. The van der Waals surface area contributed by atoms with Crippen molar-refractivity contribution < 1.29 is 32.7 Å². The van der Waals surface area contributed by atoms with Gasteiger partial charge in [-0.25, -0.2) is 0 Å². The van der Waals surface area contributed by atoms with E-state index in [2.05, 4.69) is 38.1 Å². The molecule has 0 aliphatic heterocycles. The maximum absolute atomic E-state index is 2.08. The van der Waals surface area contributed by atoms with Gasteiger partial charge in [0.2, 0.25) is 0 Å². The zero-order chi connectivity index (χ0) is 14.2. The molecule has 0 unspecified atom stereocenters. The summed E-state index contributed by atoms with van der Waals surface area (Å²) in [4.78, 5) is 0. The zero-order valence-corrected chi connectivity index (χ0v) is 19.2. The number of hydrogen-bond acceptors (Lipinski definition) is 0. The Morgan fingerprint density at radius 3 is 0.727 bits per heavy atom. The van der Waals surface area contributed by atoms with Crippen molar-refractivity contribution in [2.24, 2.45) is 0 Å². The van der Waals surface area contributed by atoms with Gasteiger partial charge in [-0.15, -0.1) is 0 Å². The van der Waals surface area contributed by atoms with Gasteiger partial charge in [0, 0.05) is 0 Å². The summed E-state index contributed by atoms with van der Waals surface area (Å²) >= 11 is 0. The first kappa shape index (κ1) is 37.6. The molecule has 22 heavy (non-hydrogen) atoms. The van der Waals surface area contributed by atoms with E-state index in [-0.39, 0.29) is 55.0 Å². The monoisotopic (exact) mass is 378 g/mol. The van der Waals surface area contributed by atoms with Crippen molar-refractivity contribution in [1.82, 2.24) is 0 Å². The van der Waals surface area contributed by atoms with Crippen LogP contribution in [0.1, 0.15) is 38.8 Å². The van der Waals surface area contributed by atoms with E-state index in [1.165, 1.54) is 11.1 Å². The largest absolute Gasteiger partial charge is 3.00 e. The molecule has 1 heteroatoms. The summed E-state index contributed by atoms with van der Waals surface area (Å²) < 4.78 is 0. The quantitative estimate of drug-likeness (QED) is 0.419. The topological polar surface area (TPSA) is 0 Å². The molecule has 0 aliphatic rings. The molecular formula is C21H37Y. The molecule has 0 spiro atoms. The van der Waals surface area contributed by atoms with Crippen LogP contribution in [0.5, 0.6) is 0 Å². The Balaban J connectivity index is -0.0000000413. The Kier molecular flexibility index (Phi) is 55.6. The van der Waals surface area contributed by atoms with E-state index in [1.54, 1.807) is 0 Å². The number of benzene rings is 2. The summed E-state index contributed by atoms with van der Waals surface area (Å²) in [7, 11) is 0. The second kappa shape index (κ2) is 32.5. The van der Waals surface area contributed by atoms with Crippen LogP contribution in [-0.2, 0) is 32.7 Å². The molecule has 0 radical (unpaired) electrons. The van der Waals surface area contributed by atoms with Crippen LogP contribution < -0.4 is 0 Å². The van der Waals surface area contributed by atoms with Crippen molar-refractivity contribution in [2.75, 3.05) is 0 Å². The molecule has 2 rings (SSSR count). The number of hydrogen-bond donors (Lipinski definition) is 0. The molecule has 0 saturated carbocycles. The van der Waals surface area contributed by atoms with Crippen LogP contribution in [0.2, 0.25) is 0 Å². The maximum atomic E-state index is 2.08. The Morgan fingerprint density at radius 1 is 0.455 bits per heavy atom. The molecule has 0 heterocycles. The SMILES string of the molecule is CC.CC.Cc1ccccc1.Cc1ccccc1.[CH3-].[CH3-].[CH3-].[Y+3]. The molecular weight excluding hydrogens is 341 g/mol. The van der Waals surface area contributed by atoms with E-state index in [9.17, 15) is 0 Å². The standard InChI is InChI=1S/2C7H8.2C2H6.3CH3.Y/c2*1-7-5-3-2-4-6-7;2*1-2;;;;/h2*2-6H,1H3;2*1-2H3;3*1H3;/q;;;;3*-1;+3. The van der Waals surface area contributed by atoms with Gasteiger partial charge in [-0.2, -0.15) is 0 Å². The van der Waals surface area contributed by atoms with Crippen molar-refractivity contribution in [1.29, 1.82) is 0 Å². The van der Waals surface area contributed by atoms with Crippen LogP contribution in [-0.4, -0.2) is 0 Å².